The van der Waals surface area contributed by atoms with Crippen molar-refractivity contribution >= 4 is 28.9 Å². The largest absolute Gasteiger partial charge is 0.481 e. The third kappa shape index (κ3) is 3.12. The Labute approximate surface area is 149 Å². The molecule has 3 aromatic heterocycles. The summed E-state index contributed by atoms with van der Waals surface area (Å²) in [5.74, 6) is 1.01. The maximum Gasteiger partial charge on any atom is 0.247 e. The molecule has 0 unspecified atom stereocenters. The molecule has 1 N–H and O–H groups in total. The van der Waals surface area contributed by atoms with Gasteiger partial charge in [0.1, 0.15) is 0 Å². The fourth-order valence-corrected chi connectivity index (χ4v) is 2.76. The molecule has 0 amide bonds. The summed E-state index contributed by atoms with van der Waals surface area (Å²) < 4.78 is 6.84. The van der Waals surface area contributed by atoms with Crippen LogP contribution >= 0.6 is 11.6 Å². The van der Waals surface area contributed by atoms with Gasteiger partial charge in [0, 0.05) is 40.3 Å². The smallest absolute Gasteiger partial charge is 0.247 e. The minimum atomic E-state index is 0.490. The van der Waals surface area contributed by atoms with Gasteiger partial charge in [0.05, 0.1) is 7.11 Å². The third-order valence-corrected chi connectivity index (χ3v) is 4.05. The minimum absolute atomic E-state index is 0.490. The fraction of sp³-hybridized carbons (Fsp3) is 0.0556. The molecule has 4 aromatic rings. The van der Waals surface area contributed by atoms with Crippen LogP contribution in [0.2, 0.25) is 5.02 Å². The average molecular weight is 352 g/mol. The Morgan fingerprint density at radius 1 is 1.12 bits per heavy atom. The molecule has 0 atom stereocenters. The van der Waals surface area contributed by atoms with Crippen LogP contribution in [0.5, 0.6) is 5.88 Å². The molecule has 0 aliphatic heterocycles. The summed E-state index contributed by atoms with van der Waals surface area (Å²) in [6, 6.07) is 15.2. The molecule has 0 saturated heterocycles. The van der Waals surface area contributed by atoms with E-state index < -0.39 is 0 Å². The van der Waals surface area contributed by atoms with Crippen LogP contribution < -0.4 is 10.1 Å². The summed E-state index contributed by atoms with van der Waals surface area (Å²) in [6.45, 7) is 0. The molecule has 0 radical (unpaired) electrons. The Balaban J connectivity index is 1.67. The number of nitrogens with zero attached hydrogens (tertiary/aromatic N) is 4. The molecule has 1 aromatic carbocycles. The molecule has 0 aliphatic rings. The normalized spacial score (nSPS) is 10.8. The monoisotopic (exact) mass is 351 g/mol. The van der Waals surface area contributed by atoms with Crippen molar-refractivity contribution in [3.63, 3.8) is 0 Å². The number of benzene rings is 1. The number of hydrogen-bond acceptors (Lipinski definition) is 5. The predicted octanol–water partition coefficient (Wildman–Crippen LogP) is 4.20. The average Bonchev–Trinajstić information content (AvgIpc) is 3.03. The van der Waals surface area contributed by atoms with Crippen molar-refractivity contribution in [1.29, 1.82) is 0 Å². The molecule has 25 heavy (non-hydrogen) atoms. The number of hydrogen-bond donors (Lipinski definition) is 1. The molecule has 6 nitrogen and oxygen atoms in total. The Hall–Kier alpha value is -3.12. The Kier molecular flexibility index (Phi) is 3.95. The van der Waals surface area contributed by atoms with Crippen molar-refractivity contribution in [2.45, 2.75) is 0 Å². The zero-order chi connectivity index (χ0) is 17.2. The number of ether oxygens (including phenoxy) is 1. The molecule has 3 heterocycles. The fourth-order valence-electron chi connectivity index (χ4n) is 2.52. The van der Waals surface area contributed by atoms with Crippen molar-refractivity contribution in [1.82, 2.24) is 19.6 Å². The van der Waals surface area contributed by atoms with Gasteiger partial charge in [0.25, 0.3) is 0 Å². The molecule has 0 fully saturated rings. The second-order valence-electron chi connectivity index (χ2n) is 5.35. The van der Waals surface area contributed by atoms with Crippen LogP contribution in [-0.2, 0) is 0 Å². The summed E-state index contributed by atoms with van der Waals surface area (Å²) >= 11 is 6.28. The van der Waals surface area contributed by atoms with Crippen LogP contribution in [0, 0.1) is 0 Å². The molecule has 0 bridgehead atoms. The SMILES string of the molecule is COc1cc(Nc2nc3ccc(-c4ccccc4Cl)cn3n2)ccn1. The highest BCUT2D eigenvalue weighted by atomic mass is 35.5. The van der Waals surface area contributed by atoms with Gasteiger partial charge in [-0.1, -0.05) is 29.8 Å². The molecule has 124 valence electrons. The Morgan fingerprint density at radius 3 is 2.84 bits per heavy atom. The first kappa shape index (κ1) is 15.4. The van der Waals surface area contributed by atoms with E-state index in [1.807, 2.05) is 48.7 Å². The van der Waals surface area contributed by atoms with Crippen molar-refractivity contribution in [3.05, 3.63) is 65.9 Å². The van der Waals surface area contributed by atoms with Crippen LogP contribution in [0.1, 0.15) is 0 Å². The molecule has 4 rings (SSSR count). The van der Waals surface area contributed by atoms with E-state index >= 15 is 0 Å². The zero-order valence-corrected chi connectivity index (χ0v) is 14.1. The number of nitrogens with one attached hydrogen (secondary N) is 1. The number of methoxy groups -OCH3 is 1. The van der Waals surface area contributed by atoms with Crippen molar-refractivity contribution in [3.8, 4) is 17.0 Å². The van der Waals surface area contributed by atoms with E-state index in [1.54, 1.807) is 23.9 Å². The molecule has 0 spiro atoms. The van der Waals surface area contributed by atoms with Gasteiger partial charge in [-0.05, 0) is 24.3 Å². The minimum Gasteiger partial charge on any atom is -0.481 e. The second kappa shape index (κ2) is 6.41. The van der Waals surface area contributed by atoms with Crippen molar-refractivity contribution in [2.75, 3.05) is 12.4 Å². The van der Waals surface area contributed by atoms with Crippen LogP contribution in [0.3, 0.4) is 0 Å². The number of pyridine rings is 2. The number of rotatable bonds is 4. The highest BCUT2D eigenvalue weighted by Gasteiger charge is 2.08. The van der Waals surface area contributed by atoms with Gasteiger partial charge < -0.3 is 10.1 Å². The van der Waals surface area contributed by atoms with E-state index in [2.05, 4.69) is 20.4 Å². The Morgan fingerprint density at radius 2 is 2.00 bits per heavy atom. The summed E-state index contributed by atoms with van der Waals surface area (Å²) in [6.07, 6.45) is 3.56. The predicted molar refractivity (Wildman–Crippen MR) is 97.5 cm³/mol. The lowest BCUT2D eigenvalue weighted by atomic mass is 10.1. The summed E-state index contributed by atoms with van der Waals surface area (Å²) in [7, 11) is 1.57. The molecular formula is C18H14ClN5O. The first-order valence-electron chi connectivity index (χ1n) is 7.61. The van der Waals surface area contributed by atoms with Gasteiger partial charge >= 0.3 is 0 Å². The van der Waals surface area contributed by atoms with E-state index in [0.29, 0.717) is 16.9 Å². The molecule has 0 saturated carbocycles. The standard InChI is InChI=1S/C18H14ClN5O/c1-25-17-10-13(8-9-20-17)21-18-22-16-7-6-12(11-24(16)23-18)14-4-2-3-5-15(14)19/h2-11H,1H3,(H,20,21,23). The van der Waals surface area contributed by atoms with Crippen LogP contribution in [0.25, 0.3) is 16.8 Å². The van der Waals surface area contributed by atoms with E-state index in [1.165, 1.54) is 0 Å². The highest BCUT2D eigenvalue weighted by Crippen LogP contribution is 2.27. The highest BCUT2D eigenvalue weighted by molar-refractivity contribution is 6.33. The van der Waals surface area contributed by atoms with Crippen LogP contribution in [0.4, 0.5) is 11.6 Å². The lowest BCUT2D eigenvalue weighted by Gasteiger charge is -2.04. The number of fused-ring (bicyclic) bond motifs is 1. The van der Waals surface area contributed by atoms with E-state index in [0.717, 1.165) is 22.5 Å². The topological polar surface area (TPSA) is 64.3 Å². The molecule has 7 heteroatoms. The molecule has 0 aliphatic carbocycles. The maximum atomic E-state index is 6.28. The lowest BCUT2D eigenvalue weighted by molar-refractivity contribution is 0.398. The van der Waals surface area contributed by atoms with Crippen LogP contribution in [0.15, 0.2) is 60.9 Å². The summed E-state index contributed by atoms with van der Waals surface area (Å²) in [5.41, 5.74) is 3.46. The van der Waals surface area contributed by atoms with Gasteiger partial charge in [-0.3, -0.25) is 0 Å². The van der Waals surface area contributed by atoms with Gasteiger partial charge in [0.2, 0.25) is 11.8 Å². The summed E-state index contributed by atoms with van der Waals surface area (Å²) in [5, 5.41) is 8.32. The number of aromatic nitrogens is 4. The summed E-state index contributed by atoms with van der Waals surface area (Å²) in [4.78, 5) is 8.54. The quantitative estimate of drug-likeness (QED) is 0.597. The second-order valence-corrected chi connectivity index (χ2v) is 5.75. The van der Waals surface area contributed by atoms with Gasteiger partial charge in [-0.2, -0.15) is 4.98 Å². The van der Waals surface area contributed by atoms with Crippen LogP contribution in [-0.4, -0.2) is 26.7 Å². The number of halogens is 1. The van der Waals surface area contributed by atoms with Crippen molar-refractivity contribution < 1.29 is 4.74 Å². The van der Waals surface area contributed by atoms with Gasteiger partial charge in [-0.15, -0.1) is 5.10 Å². The van der Waals surface area contributed by atoms with E-state index in [-0.39, 0.29) is 0 Å². The lowest BCUT2D eigenvalue weighted by Crippen LogP contribution is -1.95. The Bertz CT molecular complexity index is 1050. The van der Waals surface area contributed by atoms with Gasteiger partial charge in [0.15, 0.2) is 5.65 Å². The number of anilines is 2. The first-order valence-corrected chi connectivity index (χ1v) is 7.99. The third-order valence-electron chi connectivity index (χ3n) is 3.72. The van der Waals surface area contributed by atoms with Gasteiger partial charge in [-0.25, -0.2) is 9.50 Å². The zero-order valence-electron chi connectivity index (χ0n) is 13.3. The van der Waals surface area contributed by atoms with E-state index in [4.69, 9.17) is 16.3 Å². The first-order chi connectivity index (χ1) is 12.2. The van der Waals surface area contributed by atoms with E-state index in [9.17, 15) is 0 Å². The maximum absolute atomic E-state index is 6.28. The van der Waals surface area contributed by atoms with Crippen molar-refractivity contribution in [2.24, 2.45) is 0 Å². The molecular weight excluding hydrogens is 338 g/mol.